The van der Waals surface area contributed by atoms with Crippen LogP contribution in [0, 0.1) is 0 Å². The smallest absolute Gasteiger partial charge is 0.333 e. The normalized spacial score (nSPS) is 15.5. The highest BCUT2D eigenvalue weighted by Gasteiger charge is 2.35. The first-order valence-electron chi connectivity index (χ1n) is 7.68. The van der Waals surface area contributed by atoms with Gasteiger partial charge in [-0.3, -0.25) is 4.79 Å². The maximum Gasteiger partial charge on any atom is 0.333 e. The van der Waals surface area contributed by atoms with Crippen LogP contribution in [-0.4, -0.2) is 23.7 Å². The number of carbonyl (C=O) groups is 2. The van der Waals surface area contributed by atoms with E-state index >= 15 is 0 Å². The maximum atomic E-state index is 12.6. The van der Waals surface area contributed by atoms with Crippen molar-refractivity contribution in [2.45, 2.75) is 6.92 Å². The summed E-state index contributed by atoms with van der Waals surface area (Å²) in [5.74, 6) is -0.227. The number of anilines is 1. The summed E-state index contributed by atoms with van der Waals surface area (Å²) in [4.78, 5) is 25.9. The largest absolute Gasteiger partial charge is 0.504 e. The van der Waals surface area contributed by atoms with E-state index in [-0.39, 0.29) is 17.2 Å². The fourth-order valence-electron chi connectivity index (χ4n) is 2.46. The number of benzene rings is 2. The summed E-state index contributed by atoms with van der Waals surface area (Å²) in [7, 11) is 0. The third-order valence-corrected chi connectivity index (χ3v) is 4.58. The third kappa shape index (κ3) is 3.54. The van der Waals surface area contributed by atoms with E-state index in [0.717, 1.165) is 4.90 Å². The number of rotatable bonds is 4. The fraction of sp³-hybridized carbons (Fsp3) is 0.111. The predicted molar refractivity (Wildman–Crippen MR) is 102 cm³/mol. The summed E-state index contributed by atoms with van der Waals surface area (Å²) in [5, 5.41) is 12.9. The Labute approximate surface area is 163 Å². The highest BCUT2D eigenvalue weighted by atomic mass is 79.9. The van der Waals surface area contributed by atoms with Gasteiger partial charge in [-0.05, 0) is 55.0 Å². The number of imide groups is 1. The van der Waals surface area contributed by atoms with Crippen LogP contribution in [0.3, 0.4) is 0 Å². The maximum absolute atomic E-state index is 12.6. The number of nitrogens with zero attached hydrogens (tertiary/aromatic N) is 1. The zero-order chi connectivity index (χ0) is 18.8. The molecular formula is C18H14BrClN2O4. The molecule has 0 atom stereocenters. The molecule has 0 saturated carbocycles. The number of ether oxygens (including phenoxy) is 1. The Bertz CT molecular complexity index is 912. The van der Waals surface area contributed by atoms with Gasteiger partial charge in [0.2, 0.25) is 0 Å². The van der Waals surface area contributed by atoms with Crippen LogP contribution in [0.2, 0.25) is 5.02 Å². The Morgan fingerprint density at radius 3 is 2.62 bits per heavy atom. The van der Waals surface area contributed by atoms with Gasteiger partial charge < -0.3 is 15.2 Å². The zero-order valence-electron chi connectivity index (χ0n) is 13.6. The fourth-order valence-corrected chi connectivity index (χ4v) is 3.03. The van der Waals surface area contributed by atoms with Gasteiger partial charge in [-0.25, -0.2) is 9.69 Å². The molecule has 1 aliphatic rings. The molecule has 6 nitrogen and oxygen atoms in total. The standard InChI is InChI=1S/C18H14BrClN2O4/c1-2-26-16-8-10(13(19)9-15(16)23)7-14-17(24)22(18(25)21-14)12-5-3-11(20)4-6-12/h3-9,23H,2H2,1H3,(H,21,25). The van der Waals surface area contributed by atoms with Crippen molar-refractivity contribution in [2.75, 3.05) is 11.5 Å². The summed E-state index contributed by atoms with van der Waals surface area (Å²) in [5.41, 5.74) is 1.10. The molecule has 1 heterocycles. The second kappa shape index (κ2) is 7.39. The van der Waals surface area contributed by atoms with E-state index in [2.05, 4.69) is 21.2 Å². The van der Waals surface area contributed by atoms with Gasteiger partial charge in [-0.2, -0.15) is 0 Å². The number of amides is 3. The molecule has 1 fully saturated rings. The van der Waals surface area contributed by atoms with Crippen LogP contribution in [0.4, 0.5) is 10.5 Å². The van der Waals surface area contributed by atoms with Gasteiger partial charge in [0, 0.05) is 9.50 Å². The van der Waals surface area contributed by atoms with Crippen LogP contribution in [0.25, 0.3) is 6.08 Å². The van der Waals surface area contributed by atoms with Crippen molar-refractivity contribution in [1.29, 1.82) is 0 Å². The molecule has 2 N–H and O–H groups in total. The van der Waals surface area contributed by atoms with E-state index in [0.29, 0.717) is 27.4 Å². The first kappa shape index (κ1) is 18.3. The Morgan fingerprint density at radius 2 is 1.96 bits per heavy atom. The lowest BCUT2D eigenvalue weighted by atomic mass is 10.1. The molecule has 2 aromatic rings. The summed E-state index contributed by atoms with van der Waals surface area (Å²) in [6.07, 6.45) is 1.52. The number of phenols is 1. The van der Waals surface area contributed by atoms with Crippen molar-refractivity contribution >= 4 is 51.2 Å². The van der Waals surface area contributed by atoms with Crippen molar-refractivity contribution in [2.24, 2.45) is 0 Å². The molecule has 26 heavy (non-hydrogen) atoms. The predicted octanol–water partition coefficient (Wildman–Crippen LogP) is 4.30. The molecule has 1 saturated heterocycles. The molecular weight excluding hydrogens is 424 g/mol. The van der Waals surface area contributed by atoms with E-state index in [9.17, 15) is 14.7 Å². The van der Waals surface area contributed by atoms with Crippen molar-refractivity contribution in [3.8, 4) is 11.5 Å². The van der Waals surface area contributed by atoms with Crippen LogP contribution >= 0.6 is 27.5 Å². The van der Waals surface area contributed by atoms with Gasteiger partial charge >= 0.3 is 6.03 Å². The molecule has 3 amide bonds. The van der Waals surface area contributed by atoms with Crippen molar-refractivity contribution < 1.29 is 19.4 Å². The van der Waals surface area contributed by atoms with Gasteiger partial charge in [0.15, 0.2) is 11.5 Å². The van der Waals surface area contributed by atoms with E-state index in [4.69, 9.17) is 16.3 Å². The lowest BCUT2D eigenvalue weighted by molar-refractivity contribution is -0.113. The van der Waals surface area contributed by atoms with Gasteiger partial charge in [-0.1, -0.05) is 27.5 Å². The number of hydrogen-bond donors (Lipinski definition) is 2. The highest BCUT2D eigenvalue weighted by Crippen LogP contribution is 2.34. The second-order valence-electron chi connectivity index (χ2n) is 5.38. The lowest BCUT2D eigenvalue weighted by Gasteiger charge is -2.11. The molecule has 0 radical (unpaired) electrons. The first-order valence-corrected chi connectivity index (χ1v) is 8.85. The summed E-state index contributed by atoms with van der Waals surface area (Å²) in [6, 6.07) is 8.88. The van der Waals surface area contributed by atoms with Crippen molar-refractivity contribution in [1.82, 2.24) is 5.32 Å². The Hall–Kier alpha value is -2.51. The lowest BCUT2D eigenvalue weighted by Crippen LogP contribution is -2.30. The van der Waals surface area contributed by atoms with Gasteiger partial charge in [0.1, 0.15) is 5.70 Å². The summed E-state index contributed by atoms with van der Waals surface area (Å²) in [6.45, 7) is 2.18. The van der Waals surface area contributed by atoms with E-state index in [1.54, 1.807) is 37.3 Å². The first-order chi connectivity index (χ1) is 12.4. The molecule has 2 aromatic carbocycles. The number of aromatic hydroxyl groups is 1. The number of carbonyl (C=O) groups excluding carboxylic acids is 2. The van der Waals surface area contributed by atoms with Gasteiger partial charge in [0.05, 0.1) is 12.3 Å². The van der Waals surface area contributed by atoms with E-state index in [1.807, 2.05) is 0 Å². The van der Waals surface area contributed by atoms with Crippen LogP contribution in [0.15, 0.2) is 46.6 Å². The summed E-state index contributed by atoms with van der Waals surface area (Å²) >= 11 is 9.18. The third-order valence-electron chi connectivity index (χ3n) is 3.64. The highest BCUT2D eigenvalue weighted by molar-refractivity contribution is 9.10. The molecule has 0 aliphatic carbocycles. The quantitative estimate of drug-likeness (QED) is 0.552. The van der Waals surface area contributed by atoms with Crippen molar-refractivity contribution in [3.05, 3.63) is 57.2 Å². The number of urea groups is 1. The van der Waals surface area contributed by atoms with E-state index in [1.165, 1.54) is 12.1 Å². The average Bonchev–Trinajstić information content (AvgIpc) is 2.87. The monoisotopic (exact) mass is 436 g/mol. The van der Waals surface area contributed by atoms with Crippen LogP contribution in [-0.2, 0) is 4.79 Å². The average molecular weight is 438 g/mol. The van der Waals surface area contributed by atoms with Gasteiger partial charge in [0.25, 0.3) is 5.91 Å². The Balaban J connectivity index is 1.95. The van der Waals surface area contributed by atoms with E-state index < -0.39 is 11.9 Å². The molecule has 134 valence electrons. The molecule has 0 aromatic heterocycles. The molecule has 0 unspecified atom stereocenters. The molecule has 0 bridgehead atoms. The van der Waals surface area contributed by atoms with Crippen molar-refractivity contribution in [3.63, 3.8) is 0 Å². The number of halogens is 2. The minimum Gasteiger partial charge on any atom is -0.504 e. The number of nitrogens with one attached hydrogen (secondary N) is 1. The molecule has 1 aliphatic heterocycles. The Morgan fingerprint density at radius 1 is 1.27 bits per heavy atom. The van der Waals surface area contributed by atoms with Crippen LogP contribution < -0.4 is 15.0 Å². The van der Waals surface area contributed by atoms with Crippen LogP contribution in [0.1, 0.15) is 12.5 Å². The minimum atomic E-state index is -0.552. The Kier molecular flexibility index (Phi) is 5.20. The topological polar surface area (TPSA) is 78.9 Å². The van der Waals surface area contributed by atoms with Crippen LogP contribution in [0.5, 0.6) is 11.5 Å². The SMILES string of the molecule is CCOc1cc(C=C2NC(=O)N(c3ccc(Cl)cc3)C2=O)c(Br)cc1O. The molecule has 0 spiro atoms. The zero-order valence-corrected chi connectivity index (χ0v) is 16.0. The van der Waals surface area contributed by atoms with Gasteiger partial charge in [-0.15, -0.1) is 0 Å². The number of phenolic OH excluding ortho intramolecular Hbond substituents is 1. The molecule has 8 heteroatoms. The molecule has 3 rings (SSSR count). The summed E-state index contributed by atoms with van der Waals surface area (Å²) < 4.78 is 5.90. The second-order valence-corrected chi connectivity index (χ2v) is 6.67. The minimum absolute atomic E-state index is 0.0227. The number of hydrogen-bond acceptors (Lipinski definition) is 4.